The van der Waals surface area contributed by atoms with Gasteiger partial charge in [0.1, 0.15) is 41.3 Å². The third-order valence-electron chi connectivity index (χ3n) is 4.90. The van der Waals surface area contributed by atoms with Gasteiger partial charge in [0.05, 0.1) is 12.2 Å². The van der Waals surface area contributed by atoms with Gasteiger partial charge in [0.25, 0.3) is 0 Å². The Morgan fingerprint density at radius 3 is 2.37 bits per heavy atom. The van der Waals surface area contributed by atoms with Crippen molar-refractivity contribution in [1.29, 1.82) is 0 Å². The Kier molecular flexibility index (Phi) is 5.08. The summed E-state index contributed by atoms with van der Waals surface area (Å²) in [6.45, 7) is -0.280. The zero-order valence-electron chi connectivity index (χ0n) is 15.4. The van der Waals surface area contributed by atoms with E-state index < -0.39 is 36.5 Å². The summed E-state index contributed by atoms with van der Waals surface area (Å²) in [5, 5.41) is 69.0. The lowest BCUT2D eigenvalue weighted by atomic mass is 10.0. The third-order valence-corrected chi connectivity index (χ3v) is 4.90. The zero-order chi connectivity index (χ0) is 21.6. The molecule has 0 spiro atoms. The van der Waals surface area contributed by atoms with Gasteiger partial charge in [-0.2, -0.15) is 0 Å². The fourth-order valence-corrected chi connectivity index (χ4v) is 3.29. The number of hydrogen-bond donors (Lipinski definition) is 7. The van der Waals surface area contributed by atoms with Gasteiger partial charge < -0.3 is 50.0 Å². The summed E-state index contributed by atoms with van der Waals surface area (Å²) in [7, 11) is 0. The molecule has 7 N–H and O–H groups in total. The molecule has 2 aliphatic heterocycles. The number of aliphatic hydroxyl groups excluding tert-OH is 3. The van der Waals surface area contributed by atoms with Crippen LogP contribution in [-0.4, -0.2) is 67.0 Å². The molecule has 2 aromatic rings. The minimum absolute atomic E-state index is 0.0428. The molecule has 4 rings (SSSR count). The van der Waals surface area contributed by atoms with Crippen LogP contribution in [0.2, 0.25) is 0 Å². The monoisotopic (exact) mass is 420 g/mol. The number of phenols is 4. The molecule has 0 saturated carbocycles. The molecule has 0 radical (unpaired) electrons. The number of phenolic OH excluding ortho intramolecular Hbond substituents is 4. The third kappa shape index (κ3) is 3.57. The van der Waals surface area contributed by atoms with Crippen LogP contribution in [0, 0.1) is 0 Å². The van der Waals surface area contributed by atoms with Crippen LogP contribution in [0.5, 0.6) is 28.7 Å². The van der Waals surface area contributed by atoms with Crippen LogP contribution in [0.15, 0.2) is 36.1 Å². The first-order chi connectivity index (χ1) is 14.2. The van der Waals surface area contributed by atoms with Crippen LogP contribution in [0.4, 0.5) is 0 Å². The van der Waals surface area contributed by atoms with Crippen LogP contribution in [0.25, 0.3) is 6.08 Å². The highest BCUT2D eigenvalue weighted by Gasteiger charge is 2.41. The Bertz CT molecular complexity index is 988. The van der Waals surface area contributed by atoms with Crippen LogP contribution < -0.4 is 4.74 Å². The first-order valence-corrected chi connectivity index (χ1v) is 9.03. The summed E-state index contributed by atoms with van der Waals surface area (Å²) in [5.41, 5.74) is 0.531. The summed E-state index contributed by atoms with van der Waals surface area (Å²) in [6, 6.07) is 6.33. The Hall–Kier alpha value is -3.18. The number of benzene rings is 2. The van der Waals surface area contributed by atoms with Crippen molar-refractivity contribution >= 4 is 6.08 Å². The normalized spacial score (nSPS) is 28.2. The summed E-state index contributed by atoms with van der Waals surface area (Å²) in [5.74, 6) is -1.12. The van der Waals surface area contributed by atoms with Gasteiger partial charge >= 0.3 is 0 Å². The van der Waals surface area contributed by atoms with E-state index in [0.29, 0.717) is 5.56 Å². The minimum Gasteiger partial charge on any atom is -0.508 e. The quantitative estimate of drug-likeness (QED) is 0.346. The van der Waals surface area contributed by atoms with Gasteiger partial charge in [-0.15, -0.1) is 0 Å². The van der Waals surface area contributed by atoms with Gasteiger partial charge in [-0.1, -0.05) is 6.07 Å². The molecule has 30 heavy (non-hydrogen) atoms. The topological polar surface area (TPSA) is 169 Å². The SMILES string of the molecule is Oc1cc(O)c2c(c1)OC(c1ccc(O)c(O)c1)C(O[C@@H]1OC[C@@H](O)[C@@H](O)[C@@H]1O)=C2. The van der Waals surface area contributed by atoms with E-state index >= 15 is 0 Å². The molecular weight excluding hydrogens is 400 g/mol. The first-order valence-electron chi connectivity index (χ1n) is 9.03. The minimum atomic E-state index is -1.57. The molecule has 0 amide bonds. The summed E-state index contributed by atoms with van der Waals surface area (Å²) in [6.07, 6.45) is -5.33. The van der Waals surface area contributed by atoms with Crippen LogP contribution in [-0.2, 0) is 9.47 Å². The molecule has 1 saturated heterocycles. The molecule has 1 fully saturated rings. The smallest absolute Gasteiger partial charge is 0.228 e. The van der Waals surface area contributed by atoms with Crippen molar-refractivity contribution in [3.8, 4) is 28.7 Å². The molecular formula is C20H20O10. The largest absolute Gasteiger partial charge is 0.508 e. The second-order valence-corrected chi connectivity index (χ2v) is 7.04. The van der Waals surface area contributed by atoms with Gasteiger partial charge in [-0.05, 0) is 18.2 Å². The van der Waals surface area contributed by atoms with Crippen molar-refractivity contribution in [2.75, 3.05) is 6.61 Å². The predicted molar refractivity (Wildman–Crippen MR) is 99.7 cm³/mol. The first kappa shape index (κ1) is 20.1. The van der Waals surface area contributed by atoms with Crippen molar-refractivity contribution in [3.05, 3.63) is 47.2 Å². The maximum Gasteiger partial charge on any atom is 0.228 e. The number of fused-ring (bicyclic) bond motifs is 1. The lowest BCUT2D eigenvalue weighted by molar-refractivity contribution is -0.261. The number of hydrogen-bond acceptors (Lipinski definition) is 10. The van der Waals surface area contributed by atoms with E-state index in [1.165, 1.54) is 30.3 Å². The van der Waals surface area contributed by atoms with E-state index in [1.807, 2.05) is 0 Å². The second kappa shape index (κ2) is 7.58. The highest BCUT2D eigenvalue weighted by atomic mass is 16.7. The lowest BCUT2D eigenvalue weighted by Gasteiger charge is -2.37. The van der Waals surface area contributed by atoms with E-state index in [-0.39, 0.29) is 40.9 Å². The van der Waals surface area contributed by atoms with E-state index in [2.05, 4.69) is 0 Å². The molecule has 0 aliphatic carbocycles. The number of aliphatic hydroxyl groups is 3. The Labute approximate surface area is 170 Å². The highest BCUT2D eigenvalue weighted by molar-refractivity contribution is 5.69. The van der Waals surface area contributed by atoms with E-state index in [9.17, 15) is 35.7 Å². The van der Waals surface area contributed by atoms with Crippen molar-refractivity contribution in [3.63, 3.8) is 0 Å². The fourth-order valence-electron chi connectivity index (χ4n) is 3.29. The van der Waals surface area contributed by atoms with Crippen LogP contribution in [0.3, 0.4) is 0 Å². The lowest BCUT2D eigenvalue weighted by Crippen LogP contribution is -2.53. The van der Waals surface area contributed by atoms with Gasteiger partial charge in [0.2, 0.25) is 6.29 Å². The fraction of sp³-hybridized carbons (Fsp3) is 0.300. The van der Waals surface area contributed by atoms with Crippen molar-refractivity contribution in [2.45, 2.75) is 30.7 Å². The molecule has 2 aromatic carbocycles. The highest BCUT2D eigenvalue weighted by Crippen LogP contribution is 2.45. The average molecular weight is 420 g/mol. The maximum absolute atomic E-state index is 10.2. The Balaban J connectivity index is 1.73. The molecule has 5 atom stereocenters. The van der Waals surface area contributed by atoms with E-state index in [4.69, 9.17) is 14.2 Å². The standard InChI is InChI=1S/C20H20O10/c21-9-4-12(23)10-6-16(30-20-18(27)17(26)14(25)7-28-20)19(29-15(10)5-9)8-1-2-11(22)13(24)3-8/h1-6,14,17-27H,7H2/t14-,17-,18+,19?,20+/m1/s1. The van der Waals surface area contributed by atoms with Crippen LogP contribution in [0.1, 0.15) is 17.2 Å². The molecule has 2 aliphatic rings. The number of ether oxygens (including phenoxy) is 3. The molecule has 0 bridgehead atoms. The second-order valence-electron chi connectivity index (χ2n) is 7.04. The number of aromatic hydroxyl groups is 4. The van der Waals surface area contributed by atoms with Crippen molar-refractivity contribution in [1.82, 2.24) is 0 Å². The molecule has 2 heterocycles. The molecule has 10 nitrogen and oxygen atoms in total. The molecule has 10 heteroatoms. The van der Waals surface area contributed by atoms with Crippen LogP contribution >= 0.6 is 0 Å². The Morgan fingerprint density at radius 2 is 1.63 bits per heavy atom. The van der Waals surface area contributed by atoms with E-state index in [1.54, 1.807) is 0 Å². The zero-order valence-corrected chi connectivity index (χ0v) is 15.4. The van der Waals surface area contributed by atoms with Crippen molar-refractivity contribution in [2.24, 2.45) is 0 Å². The van der Waals surface area contributed by atoms with Gasteiger partial charge in [0, 0.05) is 17.7 Å². The number of rotatable bonds is 3. The summed E-state index contributed by atoms with van der Waals surface area (Å²) < 4.78 is 16.8. The van der Waals surface area contributed by atoms with E-state index in [0.717, 1.165) is 6.07 Å². The van der Waals surface area contributed by atoms with Gasteiger partial charge in [-0.25, -0.2) is 0 Å². The Morgan fingerprint density at radius 1 is 0.867 bits per heavy atom. The van der Waals surface area contributed by atoms with Crippen molar-refractivity contribution < 1.29 is 50.0 Å². The average Bonchev–Trinajstić information content (AvgIpc) is 2.70. The summed E-state index contributed by atoms with van der Waals surface area (Å²) >= 11 is 0. The predicted octanol–water partition coefficient (Wildman–Crippen LogP) is 0.439. The maximum atomic E-state index is 10.2. The van der Waals surface area contributed by atoms with Gasteiger partial charge in [0.15, 0.2) is 17.6 Å². The van der Waals surface area contributed by atoms with Gasteiger partial charge in [-0.3, -0.25) is 0 Å². The molecule has 0 aromatic heterocycles. The molecule has 1 unspecified atom stereocenters. The summed E-state index contributed by atoms with van der Waals surface area (Å²) in [4.78, 5) is 0. The molecule has 160 valence electrons.